The molecule has 4 aromatic rings. The topological polar surface area (TPSA) is 119 Å². The van der Waals surface area contributed by atoms with Crippen LogP contribution < -0.4 is 10.6 Å². The summed E-state index contributed by atoms with van der Waals surface area (Å²) in [7, 11) is 0. The average Bonchev–Trinajstić information content (AvgIpc) is 3.48. The zero-order valence-corrected chi connectivity index (χ0v) is 16.8. The van der Waals surface area contributed by atoms with Crippen molar-refractivity contribution >= 4 is 23.0 Å². The Morgan fingerprint density at radius 2 is 2.10 bits per heavy atom. The fraction of sp³-hybridized carbons (Fsp3) is 0.238. The van der Waals surface area contributed by atoms with E-state index in [1.54, 1.807) is 21.7 Å². The molecule has 31 heavy (non-hydrogen) atoms. The Morgan fingerprint density at radius 3 is 2.94 bits per heavy atom. The quantitative estimate of drug-likeness (QED) is 0.460. The summed E-state index contributed by atoms with van der Waals surface area (Å²) in [6, 6.07) is 7.56. The number of nitrogens with one attached hydrogen (secondary N) is 2. The lowest BCUT2D eigenvalue weighted by Gasteiger charge is -2.10. The third-order valence-electron chi connectivity index (χ3n) is 5.48. The smallest absolute Gasteiger partial charge is 0.253 e. The molecule has 0 bridgehead atoms. The Labute approximate surface area is 177 Å². The van der Waals surface area contributed by atoms with Gasteiger partial charge in [0.25, 0.3) is 5.91 Å². The van der Waals surface area contributed by atoms with E-state index in [0.29, 0.717) is 29.9 Å². The maximum Gasteiger partial charge on any atom is 0.253 e. The van der Waals surface area contributed by atoms with E-state index in [2.05, 4.69) is 30.8 Å². The molecule has 5 rings (SSSR count). The molecule has 1 aliphatic heterocycles. The molecule has 1 aromatic carbocycles. The summed E-state index contributed by atoms with van der Waals surface area (Å²) in [4.78, 5) is 33.9. The van der Waals surface area contributed by atoms with Crippen LogP contribution in [-0.2, 0) is 11.3 Å². The van der Waals surface area contributed by atoms with Crippen LogP contribution in [0.5, 0.6) is 0 Å². The van der Waals surface area contributed by atoms with Crippen molar-refractivity contribution in [2.45, 2.75) is 25.8 Å². The highest BCUT2D eigenvalue weighted by Crippen LogP contribution is 2.38. The van der Waals surface area contributed by atoms with Crippen LogP contribution in [-0.4, -0.2) is 47.7 Å². The molecule has 0 fully saturated rings. The van der Waals surface area contributed by atoms with Crippen molar-refractivity contribution in [3.05, 3.63) is 71.8 Å². The molecule has 0 saturated heterocycles. The molecule has 2 amide bonds. The second kappa shape index (κ2) is 7.63. The van der Waals surface area contributed by atoms with Gasteiger partial charge in [-0.25, -0.2) is 14.5 Å². The van der Waals surface area contributed by atoms with Crippen LogP contribution in [0.15, 0.2) is 49.4 Å². The lowest BCUT2D eigenvalue weighted by molar-refractivity contribution is -0.116. The molecule has 0 aliphatic carbocycles. The number of benzene rings is 1. The van der Waals surface area contributed by atoms with E-state index >= 15 is 0 Å². The normalized spacial score (nSPS) is 15.1. The average molecular weight is 416 g/mol. The van der Waals surface area contributed by atoms with Crippen molar-refractivity contribution in [3.63, 3.8) is 0 Å². The van der Waals surface area contributed by atoms with Gasteiger partial charge in [0.05, 0.1) is 16.8 Å². The van der Waals surface area contributed by atoms with Crippen LogP contribution in [0.1, 0.15) is 39.5 Å². The fourth-order valence-corrected chi connectivity index (χ4v) is 4.00. The first-order chi connectivity index (χ1) is 15.1. The monoisotopic (exact) mass is 416 g/mol. The molecule has 0 radical (unpaired) electrons. The van der Waals surface area contributed by atoms with E-state index in [0.717, 1.165) is 23.2 Å². The van der Waals surface area contributed by atoms with Crippen LogP contribution >= 0.6 is 0 Å². The molecule has 10 nitrogen and oxygen atoms in total. The zero-order valence-electron chi connectivity index (χ0n) is 16.8. The van der Waals surface area contributed by atoms with Gasteiger partial charge < -0.3 is 10.6 Å². The second-order valence-corrected chi connectivity index (χ2v) is 7.38. The van der Waals surface area contributed by atoms with Gasteiger partial charge in [0.2, 0.25) is 5.91 Å². The Kier molecular flexibility index (Phi) is 4.66. The van der Waals surface area contributed by atoms with E-state index in [-0.39, 0.29) is 11.8 Å². The number of para-hydroxylation sites is 1. The van der Waals surface area contributed by atoms with Gasteiger partial charge in [0.15, 0.2) is 0 Å². The van der Waals surface area contributed by atoms with Crippen molar-refractivity contribution in [3.8, 4) is 0 Å². The summed E-state index contributed by atoms with van der Waals surface area (Å²) in [6.07, 6.45) is 6.95. The molecular formula is C21H20N8O2. The molecule has 1 atom stereocenters. The molecule has 2 N–H and O–H groups in total. The lowest BCUT2D eigenvalue weighted by Crippen LogP contribution is -2.25. The number of fused-ring (bicyclic) bond motifs is 2. The number of nitrogens with zero attached hydrogens (tertiary/aromatic N) is 6. The molecule has 3 aromatic heterocycles. The summed E-state index contributed by atoms with van der Waals surface area (Å²) < 4.78 is 3.34. The van der Waals surface area contributed by atoms with Crippen molar-refractivity contribution in [2.24, 2.45) is 0 Å². The molecule has 0 spiro atoms. The number of carbonyl (C=O) groups is 2. The number of aryl methyl sites for hydroxylation is 2. The largest absolute Gasteiger partial charge is 0.352 e. The minimum absolute atomic E-state index is 0.137. The highest BCUT2D eigenvalue weighted by atomic mass is 16.2. The Bertz CT molecular complexity index is 1280. The van der Waals surface area contributed by atoms with E-state index in [9.17, 15) is 9.59 Å². The number of amides is 2. The first kappa shape index (κ1) is 18.9. The summed E-state index contributed by atoms with van der Waals surface area (Å²) >= 11 is 0. The molecule has 1 unspecified atom stereocenters. The van der Waals surface area contributed by atoms with Gasteiger partial charge in [0, 0.05) is 25.0 Å². The molecule has 156 valence electrons. The molecule has 1 aliphatic rings. The molecule has 10 heteroatoms. The second-order valence-electron chi connectivity index (χ2n) is 7.38. The summed E-state index contributed by atoms with van der Waals surface area (Å²) in [5, 5.41) is 14.2. The van der Waals surface area contributed by atoms with Gasteiger partial charge in [-0.15, -0.1) is 0 Å². The van der Waals surface area contributed by atoms with Gasteiger partial charge in [-0.2, -0.15) is 10.2 Å². The number of hydrogen-bond acceptors (Lipinski definition) is 6. The van der Waals surface area contributed by atoms with Crippen LogP contribution in [0.3, 0.4) is 0 Å². The third-order valence-corrected chi connectivity index (χ3v) is 5.48. The Morgan fingerprint density at radius 1 is 1.23 bits per heavy atom. The Balaban J connectivity index is 1.41. The van der Waals surface area contributed by atoms with E-state index in [4.69, 9.17) is 0 Å². The maximum atomic E-state index is 12.8. The lowest BCUT2D eigenvalue weighted by atomic mass is 9.95. The van der Waals surface area contributed by atoms with Crippen LogP contribution in [0.2, 0.25) is 0 Å². The number of hydrogen-bond donors (Lipinski definition) is 2. The predicted molar refractivity (Wildman–Crippen MR) is 112 cm³/mol. The third kappa shape index (κ3) is 3.31. The van der Waals surface area contributed by atoms with E-state index in [1.165, 1.54) is 12.7 Å². The number of aromatic nitrogens is 6. The minimum atomic E-state index is -0.547. The predicted octanol–water partition coefficient (Wildman–Crippen LogP) is 1.53. The van der Waals surface area contributed by atoms with E-state index in [1.807, 2.05) is 31.2 Å². The first-order valence-electron chi connectivity index (χ1n) is 9.96. The number of carbonyl (C=O) groups excluding carboxylic acids is 2. The van der Waals surface area contributed by atoms with Crippen LogP contribution in [0, 0.1) is 6.92 Å². The minimum Gasteiger partial charge on any atom is -0.352 e. The fourth-order valence-electron chi connectivity index (χ4n) is 4.00. The molecule has 0 saturated carbocycles. The number of anilines is 1. The van der Waals surface area contributed by atoms with Crippen LogP contribution in [0.25, 0.3) is 5.52 Å². The van der Waals surface area contributed by atoms with Crippen molar-refractivity contribution in [1.29, 1.82) is 0 Å². The standard InChI is InChI=1S/C21H20N8O2/c1-13-15(20(30)23-7-4-8-28-12-22-10-25-28)9-29-19(13)18(24-11-26-29)17-14-5-2-3-6-16(14)27-21(17)31/h2-3,5-6,9-12,17H,4,7-8H2,1H3,(H,23,30)(H,27,31). The zero-order chi connectivity index (χ0) is 21.4. The highest BCUT2D eigenvalue weighted by Gasteiger charge is 2.35. The number of rotatable bonds is 6. The maximum absolute atomic E-state index is 12.8. The highest BCUT2D eigenvalue weighted by molar-refractivity contribution is 6.06. The van der Waals surface area contributed by atoms with Crippen molar-refractivity contribution in [1.82, 2.24) is 34.7 Å². The summed E-state index contributed by atoms with van der Waals surface area (Å²) in [6.45, 7) is 3.02. The Hall–Kier alpha value is -4.08. The van der Waals surface area contributed by atoms with Crippen molar-refractivity contribution < 1.29 is 9.59 Å². The first-order valence-corrected chi connectivity index (χ1v) is 9.96. The summed E-state index contributed by atoms with van der Waals surface area (Å²) in [5.41, 5.74) is 4.15. The summed E-state index contributed by atoms with van der Waals surface area (Å²) in [5.74, 6) is -0.876. The van der Waals surface area contributed by atoms with E-state index < -0.39 is 5.92 Å². The van der Waals surface area contributed by atoms with Gasteiger partial charge in [-0.1, -0.05) is 18.2 Å². The van der Waals surface area contributed by atoms with Gasteiger partial charge in [0.1, 0.15) is 24.9 Å². The van der Waals surface area contributed by atoms with Crippen molar-refractivity contribution in [2.75, 3.05) is 11.9 Å². The van der Waals surface area contributed by atoms with Gasteiger partial charge in [-0.05, 0) is 30.5 Å². The molecule has 4 heterocycles. The van der Waals surface area contributed by atoms with Crippen LogP contribution in [0.4, 0.5) is 5.69 Å². The molecular weight excluding hydrogens is 396 g/mol. The van der Waals surface area contributed by atoms with Gasteiger partial charge in [-0.3, -0.25) is 14.3 Å². The SMILES string of the molecule is Cc1c(C(=O)NCCCn2cncn2)cn2ncnc(C3C(=O)Nc4ccccc43)c12. The van der Waals surface area contributed by atoms with Gasteiger partial charge >= 0.3 is 0 Å².